The molecule has 1 atom stereocenters. The normalized spacial score (nSPS) is 11.5. The highest BCUT2D eigenvalue weighted by molar-refractivity contribution is 5.58. The number of nitriles is 1. The van der Waals surface area contributed by atoms with Crippen LogP contribution in [0.4, 0.5) is 14.5 Å². The molecule has 0 fully saturated rings. The van der Waals surface area contributed by atoms with Crippen LogP contribution in [0.25, 0.3) is 0 Å². The highest BCUT2D eigenvalue weighted by atomic mass is 19.1. The Kier molecular flexibility index (Phi) is 4.16. The number of nitrogens with one attached hydrogen (secondary N) is 1. The van der Waals surface area contributed by atoms with Crippen molar-refractivity contribution in [3.8, 4) is 11.8 Å². The van der Waals surface area contributed by atoms with Gasteiger partial charge in [-0.05, 0) is 29.8 Å². The van der Waals surface area contributed by atoms with Crippen LogP contribution >= 0.6 is 0 Å². The first-order valence-corrected chi connectivity index (χ1v) is 5.89. The maximum absolute atomic E-state index is 13.2. The van der Waals surface area contributed by atoms with E-state index in [1.165, 1.54) is 7.11 Å². The van der Waals surface area contributed by atoms with Crippen molar-refractivity contribution in [2.75, 3.05) is 12.4 Å². The van der Waals surface area contributed by atoms with Gasteiger partial charge in [0.15, 0.2) is 0 Å². The third-order valence-corrected chi connectivity index (χ3v) is 2.75. The molecular formula is C15H12F2N2O. The average Bonchev–Trinajstić information content (AvgIpc) is 2.44. The van der Waals surface area contributed by atoms with Crippen molar-refractivity contribution in [3.05, 3.63) is 59.7 Å². The molecule has 20 heavy (non-hydrogen) atoms. The van der Waals surface area contributed by atoms with Crippen molar-refractivity contribution in [2.45, 2.75) is 6.04 Å². The van der Waals surface area contributed by atoms with E-state index in [1.54, 1.807) is 24.3 Å². The van der Waals surface area contributed by atoms with Crippen LogP contribution in [0.3, 0.4) is 0 Å². The van der Waals surface area contributed by atoms with Gasteiger partial charge in [-0.3, -0.25) is 0 Å². The smallest absolute Gasteiger partial charge is 0.141 e. The minimum atomic E-state index is -0.878. The summed E-state index contributed by atoms with van der Waals surface area (Å²) in [5.74, 6) is -0.895. The lowest BCUT2D eigenvalue weighted by atomic mass is 10.1. The molecule has 0 saturated heterocycles. The molecule has 102 valence electrons. The number of hydrogen-bond acceptors (Lipinski definition) is 3. The first kappa shape index (κ1) is 13.8. The Morgan fingerprint density at radius 3 is 2.40 bits per heavy atom. The van der Waals surface area contributed by atoms with Crippen molar-refractivity contribution in [2.24, 2.45) is 0 Å². The van der Waals surface area contributed by atoms with Gasteiger partial charge in [-0.25, -0.2) is 8.78 Å². The Balaban J connectivity index is 2.32. The number of hydrogen-bond donors (Lipinski definition) is 1. The van der Waals surface area contributed by atoms with Gasteiger partial charge in [0.1, 0.15) is 23.4 Å². The molecule has 3 nitrogen and oxygen atoms in total. The number of ether oxygens (including phenoxy) is 1. The van der Waals surface area contributed by atoms with Gasteiger partial charge >= 0.3 is 0 Å². The molecule has 0 aliphatic carbocycles. The Hall–Kier alpha value is -2.61. The third kappa shape index (κ3) is 3.04. The molecule has 0 spiro atoms. The summed E-state index contributed by atoms with van der Waals surface area (Å²) in [7, 11) is 1.50. The van der Waals surface area contributed by atoms with Crippen molar-refractivity contribution < 1.29 is 13.5 Å². The van der Waals surface area contributed by atoms with Crippen LogP contribution in [0.5, 0.6) is 5.75 Å². The lowest BCUT2D eigenvalue weighted by molar-refractivity contribution is 0.416. The number of benzene rings is 2. The minimum absolute atomic E-state index is 0.218. The van der Waals surface area contributed by atoms with E-state index >= 15 is 0 Å². The van der Waals surface area contributed by atoms with Crippen molar-refractivity contribution >= 4 is 5.69 Å². The molecule has 2 aromatic rings. The summed E-state index contributed by atoms with van der Waals surface area (Å²) in [6, 6.07) is 11.1. The third-order valence-electron chi connectivity index (χ3n) is 2.75. The molecule has 1 unspecified atom stereocenters. The standard InChI is InChI=1S/C15H12F2N2O/c1-20-15-5-3-2-4-13(15)19-14(9-18)10-6-11(16)8-12(17)7-10/h2-8,14,19H,1H3. The summed E-state index contributed by atoms with van der Waals surface area (Å²) in [6.45, 7) is 0. The van der Waals surface area contributed by atoms with Gasteiger partial charge in [0, 0.05) is 6.07 Å². The molecule has 2 aromatic carbocycles. The van der Waals surface area contributed by atoms with Crippen LogP contribution in [0.2, 0.25) is 0 Å². The van der Waals surface area contributed by atoms with Crippen LogP contribution in [0.15, 0.2) is 42.5 Å². The van der Waals surface area contributed by atoms with Gasteiger partial charge < -0.3 is 10.1 Å². The van der Waals surface area contributed by atoms with Crippen LogP contribution in [0, 0.1) is 23.0 Å². The molecule has 0 aromatic heterocycles. The summed E-state index contributed by atoms with van der Waals surface area (Å²) < 4.78 is 31.6. The number of para-hydroxylation sites is 2. The van der Waals surface area contributed by atoms with Crippen LogP contribution in [-0.2, 0) is 0 Å². The summed E-state index contributed by atoms with van der Waals surface area (Å²) in [6.07, 6.45) is 0. The quantitative estimate of drug-likeness (QED) is 0.925. The fourth-order valence-electron chi connectivity index (χ4n) is 1.85. The zero-order valence-electron chi connectivity index (χ0n) is 10.7. The predicted octanol–water partition coefficient (Wildman–Crippen LogP) is 3.65. The van der Waals surface area contributed by atoms with Gasteiger partial charge in [-0.2, -0.15) is 5.26 Å². The maximum atomic E-state index is 13.2. The lowest BCUT2D eigenvalue weighted by Crippen LogP contribution is -2.10. The molecule has 0 aliphatic rings. The largest absolute Gasteiger partial charge is 0.495 e. The number of halogens is 2. The summed E-state index contributed by atoms with van der Waals surface area (Å²) in [4.78, 5) is 0. The molecule has 0 bridgehead atoms. The van der Waals surface area contributed by atoms with E-state index in [1.807, 2.05) is 6.07 Å². The number of anilines is 1. The topological polar surface area (TPSA) is 45.0 Å². The summed E-state index contributed by atoms with van der Waals surface area (Å²) in [5, 5.41) is 12.1. The van der Waals surface area contributed by atoms with E-state index in [-0.39, 0.29) is 5.56 Å². The molecule has 0 radical (unpaired) electrons. The second kappa shape index (κ2) is 6.02. The SMILES string of the molecule is COc1ccccc1NC(C#N)c1cc(F)cc(F)c1. The highest BCUT2D eigenvalue weighted by Gasteiger charge is 2.14. The van der Waals surface area contributed by atoms with Gasteiger partial charge in [0.2, 0.25) is 0 Å². The zero-order chi connectivity index (χ0) is 14.5. The minimum Gasteiger partial charge on any atom is -0.495 e. The van der Waals surface area contributed by atoms with E-state index in [4.69, 9.17) is 4.74 Å². The van der Waals surface area contributed by atoms with Crippen LogP contribution < -0.4 is 10.1 Å². The van der Waals surface area contributed by atoms with E-state index in [9.17, 15) is 14.0 Å². The Morgan fingerprint density at radius 2 is 1.80 bits per heavy atom. The first-order valence-electron chi connectivity index (χ1n) is 5.89. The second-order valence-corrected chi connectivity index (χ2v) is 4.11. The Labute approximate surface area is 115 Å². The second-order valence-electron chi connectivity index (χ2n) is 4.11. The molecule has 0 amide bonds. The predicted molar refractivity (Wildman–Crippen MR) is 71.3 cm³/mol. The van der Waals surface area contributed by atoms with Crippen molar-refractivity contribution in [3.63, 3.8) is 0 Å². The first-order chi connectivity index (χ1) is 9.63. The van der Waals surface area contributed by atoms with E-state index in [2.05, 4.69) is 5.32 Å². The van der Waals surface area contributed by atoms with Gasteiger partial charge in [-0.15, -0.1) is 0 Å². The average molecular weight is 274 g/mol. The number of rotatable bonds is 4. The Bertz CT molecular complexity index is 632. The zero-order valence-corrected chi connectivity index (χ0v) is 10.7. The van der Waals surface area contributed by atoms with Crippen LogP contribution in [-0.4, -0.2) is 7.11 Å². The van der Waals surface area contributed by atoms with Crippen LogP contribution in [0.1, 0.15) is 11.6 Å². The monoisotopic (exact) mass is 274 g/mol. The molecular weight excluding hydrogens is 262 g/mol. The van der Waals surface area contributed by atoms with Gasteiger partial charge in [0.25, 0.3) is 0 Å². The molecule has 0 saturated carbocycles. The number of methoxy groups -OCH3 is 1. The van der Waals surface area contributed by atoms with Crippen molar-refractivity contribution in [1.82, 2.24) is 0 Å². The van der Waals surface area contributed by atoms with Gasteiger partial charge in [-0.1, -0.05) is 12.1 Å². The Morgan fingerprint density at radius 1 is 1.15 bits per heavy atom. The van der Waals surface area contributed by atoms with E-state index < -0.39 is 17.7 Å². The lowest BCUT2D eigenvalue weighted by Gasteiger charge is -2.16. The molecule has 2 rings (SSSR count). The van der Waals surface area contributed by atoms with Gasteiger partial charge in [0.05, 0.1) is 18.9 Å². The maximum Gasteiger partial charge on any atom is 0.141 e. The molecule has 5 heteroatoms. The summed E-state index contributed by atoms with van der Waals surface area (Å²) >= 11 is 0. The van der Waals surface area contributed by atoms with Crippen molar-refractivity contribution in [1.29, 1.82) is 5.26 Å². The summed E-state index contributed by atoms with van der Waals surface area (Å²) in [5.41, 5.74) is 0.794. The van der Waals surface area contributed by atoms with E-state index in [0.717, 1.165) is 18.2 Å². The fourth-order valence-corrected chi connectivity index (χ4v) is 1.85. The molecule has 1 N–H and O–H groups in total. The molecule has 0 aliphatic heterocycles. The van der Waals surface area contributed by atoms with E-state index in [0.29, 0.717) is 11.4 Å². The fraction of sp³-hybridized carbons (Fsp3) is 0.133. The molecule has 0 heterocycles. The highest BCUT2D eigenvalue weighted by Crippen LogP contribution is 2.28. The number of nitrogens with zero attached hydrogens (tertiary/aromatic N) is 1.